The Hall–Kier alpha value is -3.02. The lowest BCUT2D eigenvalue weighted by atomic mass is 10.1. The van der Waals surface area contributed by atoms with Crippen LogP contribution in [0.2, 0.25) is 0 Å². The van der Waals surface area contributed by atoms with E-state index in [1.54, 1.807) is 18.1 Å². The first-order valence-electron chi connectivity index (χ1n) is 8.41. The first-order chi connectivity index (χ1) is 12.6. The number of hydrogen-bond donors (Lipinski definition) is 1. The fourth-order valence-corrected chi connectivity index (χ4v) is 3.04. The minimum absolute atomic E-state index is 0.0412. The molecule has 1 aliphatic heterocycles. The van der Waals surface area contributed by atoms with E-state index in [1.165, 1.54) is 0 Å². The molecule has 6 nitrogen and oxygen atoms in total. The molecule has 0 saturated carbocycles. The molecular formula is C20H21NO5. The summed E-state index contributed by atoms with van der Waals surface area (Å²) in [5, 5.41) is 9.14. The van der Waals surface area contributed by atoms with E-state index in [0.29, 0.717) is 24.7 Å². The third kappa shape index (κ3) is 3.96. The number of hydrogen-bond acceptors (Lipinski definition) is 4. The number of carboxylic acid groups (broad SMARTS) is 1. The Morgan fingerprint density at radius 2 is 1.96 bits per heavy atom. The molecule has 3 rings (SSSR count). The molecule has 1 saturated heterocycles. The van der Waals surface area contributed by atoms with Crippen molar-refractivity contribution >= 4 is 11.9 Å². The van der Waals surface area contributed by atoms with Crippen molar-refractivity contribution in [1.29, 1.82) is 0 Å². The van der Waals surface area contributed by atoms with E-state index in [9.17, 15) is 9.59 Å². The van der Waals surface area contributed by atoms with Gasteiger partial charge in [0.1, 0.15) is 6.61 Å². The molecule has 0 aliphatic carbocycles. The number of carbonyl (C=O) groups is 2. The van der Waals surface area contributed by atoms with Crippen LogP contribution in [0.4, 0.5) is 0 Å². The number of amides is 1. The second kappa shape index (κ2) is 7.91. The van der Waals surface area contributed by atoms with Crippen LogP contribution in [0.15, 0.2) is 48.5 Å². The molecule has 1 heterocycles. The van der Waals surface area contributed by atoms with Crippen molar-refractivity contribution in [2.24, 2.45) is 5.92 Å². The zero-order chi connectivity index (χ0) is 18.5. The predicted octanol–water partition coefficient (Wildman–Crippen LogP) is 2.71. The van der Waals surface area contributed by atoms with E-state index in [-0.39, 0.29) is 18.9 Å². The third-order valence-electron chi connectivity index (χ3n) is 4.43. The van der Waals surface area contributed by atoms with Crippen molar-refractivity contribution in [2.75, 3.05) is 13.7 Å². The van der Waals surface area contributed by atoms with Crippen molar-refractivity contribution in [1.82, 2.24) is 4.90 Å². The zero-order valence-corrected chi connectivity index (χ0v) is 14.6. The number of carboxylic acids is 1. The molecule has 6 heteroatoms. The van der Waals surface area contributed by atoms with E-state index in [2.05, 4.69) is 0 Å². The van der Waals surface area contributed by atoms with Crippen molar-refractivity contribution in [3.63, 3.8) is 0 Å². The number of benzene rings is 2. The molecule has 0 bridgehead atoms. The molecule has 1 unspecified atom stereocenters. The SMILES string of the molecule is COc1cccc(CN2CC(C(=O)O)CC2=O)c1OCc1ccccc1. The van der Waals surface area contributed by atoms with Gasteiger partial charge in [-0.15, -0.1) is 0 Å². The van der Waals surface area contributed by atoms with Gasteiger partial charge in [-0.1, -0.05) is 42.5 Å². The Bertz CT molecular complexity index is 790. The van der Waals surface area contributed by atoms with Crippen LogP contribution in [0.25, 0.3) is 0 Å². The number of rotatable bonds is 7. The fraction of sp³-hybridized carbons (Fsp3) is 0.300. The van der Waals surface area contributed by atoms with Gasteiger partial charge in [-0.3, -0.25) is 9.59 Å². The lowest BCUT2D eigenvalue weighted by molar-refractivity contribution is -0.141. The fourth-order valence-electron chi connectivity index (χ4n) is 3.04. The molecule has 0 radical (unpaired) electrons. The highest BCUT2D eigenvalue weighted by Crippen LogP contribution is 2.34. The molecule has 0 aromatic heterocycles. The van der Waals surface area contributed by atoms with Gasteiger partial charge in [-0.2, -0.15) is 0 Å². The average molecular weight is 355 g/mol. The van der Waals surface area contributed by atoms with Gasteiger partial charge in [-0.05, 0) is 11.6 Å². The minimum Gasteiger partial charge on any atom is -0.493 e. The smallest absolute Gasteiger partial charge is 0.308 e. The lowest BCUT2D eigenvalue weighted by Crippen LogP contribution is -2.26. The highest BCUT2D eigenvalue weighted by atomic mass is 16.5. The number of aliphatic carboxylic acids is 1. The Kier molecular flexibility index (Phi) is 5.41. The number of likely N-dealkylation sites (tertiary alicyclic amines) is 1. The lowest BCUT2D eigenvalue weighted by Gasteiger charge is -2.20. The molecule has 1 fully saturated rings. The maximum Gasteiger partial charge on any atom is 0.308 e. The van der Waals surface area contributed by atoms with E-state index >= 15 is 0 Å². The summed E-state index contributed by atoms with van der Waals surface area (Å²) in [5.41, 5.74) is 1.81. The van der Waals surface area contributed by atoms with E-state index < -0.39 is 11.9 Å². The van der Waals surface area contributed by atoms with Crippen molar-refractivity contribution in [2.45, 2.75) is 19.6 Å². The zero-order valence-electron chi connectivity index (χ0n) is 14.6. The summed E-state index contributed by atoms with van der Waals surface area (Å²) in [6, 6.07) is 15.3. The first-order valence-corrected chi connectivity index (χ1v) is 8.41. The third-order valence-corrected chi connectivity index (χ3v) is 4.43. The predicted molar refractivity (Wildman–Crippen MR) is 94.9 cm³/mol. The van der Waals surface area contributed by atoms with Crippen LogP contribution in [-0.4, -0.2) is 35.5 Å². The summed E-state index contributed by atoms with van der Waals surface area (Å²) >= 11 is 0. The van der Waals surface area contributed by atoms with E-state index in [1.807, 2.05) is 42.5 Å². The molecule has 2 aromatic carbocycles. The minimum atomic E-state index is -0.938. The summed E-state index contributed by atoms with van der Waals surface area (Å²) in [6.45, 7) is 0.882. The first kappa shape index (κ1) is 17.8. The number of carbonyl (C=O) groups excluding carboxylic acids is 1. The number of ether oxygens (including phenoxy) is 2. The van der Waals surface area contributed by atoms with Crippen LogP contribution in [0.5, 0.6) is 11.5 Å². The van der Waals surface area contributed by atoms with E-state index in [0.717, 1.165) is 11.1 Å². The van der Waals surface area contributed by atoms with Gasteiger partial charge in [0.2, 0.25) is 5.91 Å². The summed E-state index contributed by atoms with van der Waals surface area (Å²) < 4.78 is 11.4. The average Bonchev–Trinajstić information content (AvgIpc) is 3.02. The van der Waals surface area contributed by atoms with Crippen LogP contribution in [0.1, 0.15) is 17.5 Å². The van der Waals surface area contributed by atoms with E-state index in [4.69, 9.17) is 14.6 Å². The molecule has 1 aliphatic rings. The molecule has 26 heavy (non-hydrogen) atoms. The number of nitrogens with zero attached hydrogens (tertiary/aromatic N) is 1. The maximum atomic E-state index is 12.1. The second-order valence-corrected chi connectivity index (χ2v) is 6.24. The highest BCUT2D eigenvalue weighted by Gasteiger charge is 2.34. The van der Waals surface area contributed by atoms with Crippen LogP contribution < -0.4 is 9.47 Å². The Morgan fingerprint density at radius 1 is 1.19 bits per heavy atom. The molecule has 136 valence electrons. The molecule has 0 spiro atoms. The molecule has 1 amide bonds. The highest BCUT2D eigenvalue weighted by molar-refractivity contribution is 5.86. The van der Waals surface area contributed by atoms with Gasteiger partial charge in [-0.25, -0.2) is 0 Å². The normalized spacial score (nSPS) is 16.6. The molecule has 2 aromatic rings. The quantitative estimate of drug-likeness (QED) is 0.826. The van der Waals surface area contributed by atoms with Crippen LogP contribution in [0, 0.1) is 5.92 Å². The molecular weight excluding hydrogens is 334 g/mol. The Labute approximate surface area is 152 Å². The topological polar surface area (TPSA) is 76.1 Å². The molecule has 1 N–H and O–H groups in total. The Balaban J connectivity index is 1.78. The Morgan fingerprint density at radius 3 is 2.62 bits per heavy atom. The summed E-state index contributed by atoms with van der Waals surface area (Å²) in [7, 11) is 1.57. The van der Waals surface area contributed by atoms with Crippen LogP contribution in [-0.2, 0) is 22.7 Å². The number of para-hydroxylation sites is 1. The van der Waals surface area contributed by atoms with Crippen molar-refractivity contribution in [3.8, 4) is 11.5 Å². The standard InChI is InChI=1S/C20H21NO5/c1-25-17-9-5-8-15(11-21-12-16(20(23)24)10-18(21)22)19(17)26-13-14-6-3-2-4-7-14/h2-9,16H,10-13H2,1H3,(H,23,24). The van der Waals surface area contributed by atoms with Gasteiger partial charge < -0.3 is 19.5 Å². The molecule has 1 atom stereocenters. The van der Waals surface area contributed by atoms with Gasteiger partial charge in [0.15, 0.2) is 11.5 Å². The summed E-state index contributed by atoms with van der Waals surface area (Å²) in [5.74, 6) is -0.589. The van der Waals surface area contributed by atoms with Gasteiger partial charge >= 0.3 is 5.97 Å². The summed E-state index contributed by atoms with van der Waals surface area (Å²) in [6.07, 6.45) is 0.0412. The van der Waals surface area contributed by atoms with Crippen LogP contribution in [0.3, 0.4) is 0 Å². The van der Waals surface area contributed by atoms with Gasteiger partial charge in [0.25, 0.3) is 0 Å². The largest absolute Gasteiger partial charge is 0.493 e. The van der Waals surface area contributed by atoms with Crippen molar-refractivity contribution in [3.05, 3.63) is 59.7 Å². The second-order valence-electron chi connectivity index (χ2n) is 6.24. The maximum absolute atomic E-state index is 12.1. The van der Waals surface area contributed by atoms with Crippen molar-refractivity contribution < 1.29 is 24.2 Å². The summed E-state index contributed by atoms with van der Waals surface area (Å²) in [4.78, 5) is 24.8. The monoisotopic (exact) mass is 355 g/mol. The van der Waals surface area contributed by atoms with Gasteiger partial charge in [0.05, 0.1) is 13.0 Å². The van der Waals surface area contributed by atoms with Gasteiger partial charge in [0, 0.05) is 25.1 Å². The van der Waals surface area contributed by atoms with Crippen LogP contribution >= 0.6 is 0 Å². The number of methoxy groups -OCH3 is 1.